The van der Waals surface area contributed by atoms with Crippen LogP contribution in [0.15, 0.2) is 42.9 Å². The lowest BCUT2D eigenvalue weighted by Gasteiger charge is -2.26. The fourth-order valence-electron chi connectivity index (χ4n) is 3.18. The molecule has 3 aromatic rings. The number of morpholine rings is 1. The van der Waals surface area contributed by atoms with Crippen molar-refractivity contribution in [3.8, 4) is 22.6 Å². The quantitative estimate of drug-likeness (QED) is 0.701. The minimum atomic E-state index is 0.809. The van der Waals surface area contributed by atoms with E-state index < -0.39 is 0 Å². The molecule has 1 aliphatic heterocycles. The van der Waals surface area contributed by atoms with Gasteiger partial charge in [-0.15, -0.1) is 10.2 Å². The van der Waals surface area contributed by atoms with Gasteiger partial charge in [0.1, 0.15) is 11.5 Å². The maximum absolute atomic E-state index is 5.42. The minimum absolute atomic E-state index is 0.809. The van der Waals surface area contributed by atoms with E-state index in [4.69, 9.17) is 4.74 Å². The van der Waals surface area contributed by atoms with E-state index in [0.717, 1.165) is 67.9 Å². The third-order valence-electron chi connectivity index (χ3n) is 4.68. The van der Waals surface area contributed by atoms with Crippen molar-refractivity contribution in [1.82, 2.24) is 29.6 Å². The van der Waals surface area contributed by atoms with Gasteiger partial charge in [-0.25, -0.2) is 0 Å². The zero-order chi connectivity index (χ0) is 17.8. The molecule has 0 spiro atoms. The molecular formula is C19H22N6O. The number of hydrogen-bond acceptors (Lipinski definition) is 6. The van der Waals surface area contributed by atoms with Gasteiger partial charge in [-0.05, 0) is 42.3 Å². The lowest BCUT2D eigenvalue weighted by atomic mass is 10.1. The van der Waals surface area contributed by atoms with Crippen LogP contribution in [0.5, 0.6) is 0 Å². The average Bonchev–Trinajstić information content (AvgIpc) is 3.08. The molecule has 26 heavy (non-hydrogen) atoms. The zero-order valence-electron chi connectivity index (χ0n) is 14.9. The maximum Gasteiger partial charge on any atom is 0.182 e. The first kappa shape index (κ1) is 16.8. The second-order valence-electron chi connectivity index (χ2n) is 6.34. The van der Waals surface area contributed by atoms with Gasteiger partial charge in [0.2, 0.25) is 0 Å². The zero-order valence-corrected chi connectivity index (χ0v) is 14.9. The first-order chi connectivity index (χ1) is 12.8. The topological polar surface area (TPSA) is 69.0 Å². The van der Waals surface area contributed by atoms with Gasteiger partial charge in [0, 0.05) is 44.8 Å². The van der Waals surface area contributed by atoms with Gasteiger partial charge in [-0.2, -0.15) is 0 Å². The third kappa shape index (κ3) is 3.63. The summed E-state index contributed by atoms with van der Waals surface area (Å²) < 4.78 is 7.57. The summed E-state index contributed by atoms with van der Waals surface area (Å²) in [6, 6.07) is 8.05. The molecule has 0 N–H and O–H groups in total. The van der Waals surface area contributed by atoms with Crippen LogP contribution in [0.3, 0.4) is 0 Å². The Morgan fingerprint density at radius 2 is 1.73 bits per heavy atom. The van der Waals surface area contributed by atoms with E-state index in [2.05, 4.69) is 35.7 Å². The molecule has 0 unspecified atom stereocenters. The van der Waals surface area contributed by atoms with Gasteiger partial charge in [0.05, 0.1) is 13.2 Å². The minimum Gasteiger partial charge on any atom is -0.379 e. The van der Waals surface area contributed by atoms with E-state index in [1.54, 1.807) is 12.4 Å². The summed E-state index contributed by atoms with van der Waals surface area (Å²) in [6.45, 7) is 7.36. The van der Waals surface area contributed by atoms with Gasteiger partial charge >= 0.3 is 0 Å². The normalized spacial score (nSPS) is 15.3. The van der Waals surface area contributed by atoms with E-state index in [0.29, 0.717) is 0 Å². The van der Waals surface area contributed by atoms with Crippen molar-refractivity contribution in [3.63, 3.8) is 0 Å². The van der Waals surface area contributed by atoms with Crippen LogP contribution in [0.4, 0.5) is 0 Å². The van der Waals surface area contributed by atoms with Crippen LogP contribution in [0.2, 0.25) is 0 Å². The molecule has 0 bridgehead atoms. The molecule has 0 atom stereocenters. The van der Waals surface area contributed by atoms with Crippen LogP contribution < -0.4 is 0 Å². The number of rotatable bonds is 5. The summed E-state index contributed by atoms with van der Waals surface area (Å²) >= 11 is 0. The fourth-order valence-corrected chi connectivity index (χ4v) is 3.18. The van der Waals surface area contributed by atoms with Crippen molar-refractivity contribution < 1.29 is 4.74 Å². The fraction of sp³-hybridized carbons (Fsp3) is 0.368. The number of nitrogens with zero attached hydrogens (tertiary/aromatic N) is 6. The standard InChI is InChI=1S/C19H22N6O/c1-15-22-23-19(25(15)9-8-24-10-12-26-13-11-24)18-14-17(4-7-21-18)16-2-5-20-6-3-16/h2-7,14H,8-13H2,1H3. The van der Waals surface area contributed by atoms with Crippen LogP contribution in [-0.4, -0.2) is 62.5 Å². The highest BCUT2D eigenvalue weighted by molar-refractivity contribution is 5.67. The number of hydrogen-bond donors (Lipinski definition) is 0. The Kier molecular flexibility index (Phi) is 4.99. The van der Waals surface area contributed by atoms with Crippen molar-refractivity contribution in [1.29, 1.82) is 0 Å². The highest BCUT2D eigenvalue weighted by Gasteiger charge is 2.15. The molecular weight excluding hydrogens is 328 g/mol. The summed E-state index contributed by atoms with van der Waals surface area (Å²) in [4.78, 5) is 11.0. The van der Waals surface area contributed by atoms with Gasteiger partial charge in [-0.3, -0.25) is 14.9 Å². The van der Waals surface area contributed by atoms with Crippen molar-refractivity contribution in [2.24, 2.45) is 0 Å². The van der Waals surface area contributed by atoms with Crippen LogP contribution in [-0.2, 0) is 11.3 Å². The van der Waals surface area contributed by atoms with E-state index >= 15 is 0 Å². The Labute approximate surface area is 152 Å². The molecule has 7 heteroatoms. The third-order valence-corrected chi connectivity index (χ3v) is 4.68. The Bertz CT molecular complexity index is 857. The molecule has 0 radical (unpaired) electrons. The van der Waals surface area contributed by atoms with Crippen LogP contribution in [0, 0.1) is 6.92 Å². The summed E-state index contributed by atoms with van der Waals surface area (Å²) in [5.41, 5.74) is 3.04. The average molecular weight is 350 g/mol. The molecule has 1 aliphatic rings. The molecule has 7 nitrogen and oxygen atoms in total. The molecule has 3 aromatic heterocycles. The van der Waals surface area contributed by atoms with E-state index in [-0.39, 0.29) is 0 Å². The number of aromatic nitrogens is 5. The SMILES string of the molecule is Cc1nnc(-c2cc(-c3ccncc3)ccn2)n1CCN1CCOCC1. The summed E-state index contributed by atoms with van der Waals surface area (Å²) in [7, 11) is 0. The van der Waals surface area contributed by atoms with Gasteiger partial charge in [0.25, 0.3) is 0 Å². The smallest absolute Gasteiger partial charge is 0.182 e. The molecule has 4 heterocycles. The second kappa shape index (κ2) is 7.72. The van der Waals surface area contributed by atoms with Gasteiger partial charge in [-0.1, -0.05) is 0 Å². The lowest BCUT2D eigenvalue weighted by molar-refractivity contribution is 0.0364. The second-order valence-corrected chi connectivity index (χ2v) is 6.34. The molecule has 1 fully saturated rings. The van der Waals surface area contributed by atoms with E-state index in [1.165, 1.54) is 0 Å². The van der Waals surface area contributed by atoms with Crippen molar-refractivity contribution in [2.75, 3.05) is 32.8 Å². The predicted octanol–water partition coefficient (Wildman–Crippen LogP) is 2.04. The van der Waals surface area contributed by atoms with Crippen molar-refractivity contribution in [3.05, 3.63) is 48.7 Å². The highest BCUT2D eigenvalue weighted by atomic mass is 16.5. The molecule has 4 rings (SSSR count). The molecule has 0 saturated carbocycles. The Hall–Kier alpha value is -2.64. The molecule has 0 amide bonds. The van der Waals surface area contributed by atoms with Gasteiger partial charge < -0.3 is 9.30 Å². The summed E-state index contributed by atoms with van der Waals surface area (Å²) in [5, 5.41) is 8.66. The maximum atomic E-state index is 5.42. The molecule has 134 valence electrons. The Morgan fingerprint density at radius 3 is 2.54 bits per heavy atom. The lowest BCUT2D eigenvalue weighted by Crippen LogP contribution is -2.38. The number of pyridine rings is 2. The predicted molar refractivity (Wildman–Crippen MR) is 98.5 cm³/mol. The Morgan fingerprint density at radius 1 is 0.962 bits per heavy atom. The monoisotopic (exact) mass is 350 g/mol. The first-order valence-electron chi connectivity index (χ1n) is 8.88. The van der Waals surface area contributed by atoms with Crippen molar-refractivity contribution in [2.45, 2.75) is 13.5 Å². The summed E-state index contributed by atoms with van der Waals surface area (Å²) in [5.74, 6) is 1.72. The van der Waals surface area contributed by atoms with Crippen LogP contribution >= 0.6 is 0 Å². The van der Waals surface area contributed by atoms with E-state index in [9.17, 15) is 0 Å². The van der Waals surface area contributed by atoms with E-state index in [1.807, 2.05) is 31.3 Å². The largest absolute Gasteiger partial charge is 0.379 e. The highest BCUT2D eigenvalue weighted by Crippen LogP contribution is 2.23. The molecule has 0 aliphatic carbocycles. The van der Waals surface area contributed by atoms with Gasteiger partial charge in [0.15, 0.2) is 5.82 Å². The van der Waals surface area contributed by atoms with Crippen LogP contribution in [0.25, 0.3) is 22.6 Å². The van der Waals surface area contributed by atoms with Crippen LogP contribution in [0.1, 0.15) is 5.82 Å². The van der Waals surface area contributed by atoms with Crippen molar-refractivity contribution >= 4 is 0 Å². The molecule has 0 aromatic carbocycles. The number of aryl methyl sites for hydroxylation is 1. The Balaban J connectivity index is 1.58. The molecule has 1 saturated heterocycles. The number of ether oxygens (including phenoxy) is 1. The first-order valence-corrected chi connectivity index (χ1v) is 8.88. The summed E-state index contributed by atoms with van der Waals surface area (Å²) in [6.07, 6.45) is 5.41.